The van der Waals surface area contributed by atoms with Crippen LogP contribution in [-0.4, -0.2) is 19.6 Å². The van der Waals surface area contributed by atoms with Gasteiger partial charge in [0, 0.05) is 16.6 Å². The molecule has 134 valence electrons. The molecule has 26 heavy (non-hydrogen) atoms. The van der Waals surface area contributed by atoms with Crippen LogP contribution in [0.1, 0.15) is 23.7 Å². The topological polar surface area (TPSA) is 47.6 Å². The first-order valence-corrected chi connectivity index (χ1v) is 8.81. The SMILES string of the molecule is CCCOc1c(Cl)cc(C(=O)Nc2cccc3ccccc23)cc1OC. The van der Waals surface area contributed by atoms with Crippen molar-refractivity contribution in [2.75, 3.05) is 19.0 Å². The van der Waals surface area contributed by atoms with E-state index in [0.717, 1.165) is 22.9 Å². The van der Waals surface area contributed by atoms with Crippen LogP contribution in [0.5, 0.6) is 11.5 Å². The largest absolute Gasteiger partial charge is 0.493 e. The summed E-state index contributed by atoms with van der Waals surface area (Å²) in [5, 5.41) is 5.33. The van der Waals surface area contributed by atoms with E-state index < -0.39 is 0 Å². The van der Waals surface area contributed by atoms with E-state index in [1.54, 1.807) is 12.1 Å². The summed E-state index contributed by atoms with van der Waals surface area (Å²) in [5.41, 5.74) is 1.15. The summed E-state index contributed by atoms with van der Waals surface area (Å²) in [6.45, 7) is 2.53. The van der Waals surface area contributed by atoms with Gasteiger partial charge in [-0.25, -0.2) is 0 Å². The van der Waals surface area contributed by atoms with Crippen LogP contribution in [0, 0.1) is 0 Å². The first kappa shape index (κ1) is 18.1. The number of methoxy groups -OCH3 is 1. The van der Waals surface area contributed by atoms with Gasteiger partial charge in [0.2, 0.25) is 0 Å². The predicted molar refractivity (Wildman–Crippen MR) is 106 cm³/mol. The second-order valence-corrected chi connectivity index (χ2v) is 6.23. The summed E-state index contributed by atoms with van der Waals surface area (Å²) >= 11 is 6.31. The molecule has 0 bridgehead atoms. The van der Waals surface area contributed by atoms with E-state index in [1.807, 2.05) is 49.4 Å². The van der Waals surface area contributed by atoms with Crippen LogP contribution in [0.15, 0.2) is 54.6 Å². The van der Waals surface area contributed by atoms with E-state index in [9.17, 15) is 4.79 Å². The number of anilines is 1. The van der Waals surface area contributed by atoms with E-state index in [0.29, 0.717) is 28.7 Å². The first-order chi connectivity index (χ1) is 12.6. The van der Waals surface area contributed by atoms with E-state index in [2.05, 4.69) is 5.32 Å². The van der Waals surface area contributed by atoms with Crippen LogP contribution in [0.2, 0.25) is 5.02 Å². The number of halogens is 1. The molecule has 0 saturated heterocycles. The fourth-order valence-corrected chi connectivity index (χ4v) is 2.99. The van der Waals surface area contributed by atoms with Crippen LogP contribution < -0.4 is 14.8 Å². The number of hydrogen-bond acceptors (Lipinski definition) is 3. The average molecular weight is 370 g/mol. The van der Waals surface area contributed by atoms with Crippen molar-refractivity contribution < 1.29 is 14.3 Å². The van der Waals surface area contributed by atoms with Crippen LogP contribution in [0.25, 0.3) is 10.8 Å². The van der Waals surface area contributed by atoms with Gasteiger partial charge in [-0.1, -0.05) is 54.9 Å². The minimum absolute atomic E-state index is 0.261. The Morgan fingerprint density at radius 2 is 1.88 bits per heavy atom. The van der Waals surface area contributed by atoms with Crippen molar-refractivity contribution in [1.82, 2.24) is 0 Å². The van der Waals surface area contributed by atoms with Gasteiger partial charge in [-0.3, -0.25) is 4.79 Å². The Morgan fingerprint density at radius 1 is 1.12 bits per heavy atom. The molecule has 0 spiro atoms. The van der Waals surface area contributed by atoms with Crippen molar-refractivity contribution in [3.8, 4) is 11.5 Å². The Kier molecular flexibility index (Phi) is 5.64. The fraction of sp³-hybridized carbons (Fsp3) is 0.190. The molecule has 0 fully saturated rings. The maximum Gasteiger partial charge on any atom is 0.255 e. The zero-order valence-corrected chi connectivity index (χ0v) is 15.5. The van der Waals surface area contributed by atoms with Crippen molar-refractivity contribution in [3.63, 3.8) is 0 Å². The monoisotopic (exact) mass is 369 g/mol. The Labute approximate surface area is 157 Å². The molecule has 1 N–H and O–H groups in total. The fourth-order valence-electron chi connectivity index (χ4n) is 2.72. The highest BCUT2D eigenvalue weighted by molar-refractivity contribution is 6.32. The second kappa shape index (κ2) is 8.11. The van der Waals surface area contributed by atoms with Crippen LogP contribution >= 0.6 is 11.6 Å². The summed E-state index contributed by atoms with van der Waals surface area (Å²) in [6.07, 6.45) is 0.850. The second-order valence-electron chi connectivity index (χ2n) is 5.82. The Hall–Kier alpha value is -2.72. The van der Waals surface area contributed by atoms with Gasteiger partial charge in [-0.15, -0.1) is 0 Å². The third kappa shape index (κ3) is 3.75. The molecule has 0 aliphatic rings. The minimum atomic E-state index is -0.261. The predicted octanol–water partition coefficient (Wildman–Crippen LogP) is 5.54. The number of rotatable bonds is 6. The lowest BCUT2D eigenvalue weighted by Gasteiger charge is -2.14. The third-order valence-corrected chi connectivity index (χ3v) is 4.26. The quantitative estimate of drug-likeness (QED) is 0.620. The number of benzene rings is 3. The van der Waals surface area contributed by atoms with E-state index in [4.69, 9.17) is 21.1 Å². The number of fused-ring (bicyclic) bond motifs is 1. The number of carbonyl (C=O) groups is 1. The van der Waals surface area contributed by atoms with Gasteiger partial charge in [-0.05, 0) is 30.0 Å². The lowest BCUT2D eigenvalue weighted by molar-refractivity contribution is 0.102. The highest BCUT2D eigenvalue weighted by atomic mass is 35.5. The lowest BCUT2D eigenvalue weighted by Crippen LogP contribution is -2.13. The van der Waals surface area contributed by atoms with E-state index >= 15 is 0 Å². The van der Waals surface area contributed by atoms with Crippen LogP contribution in [-0.2, 0) is 0 Å². The maximum absolute atomic E-state index is 12.7. The minimum Gasteiger partial charge on any atom is -0.493 e. The van der Waals surface area contributed by atoms with E-state index in [1.165, 1.54) is 7.11 Å². The van der Waals surface area contributed by atoms with Gasteiger partial charge in [-0.2, -0.15) is 0 Å². The van der Waals surface area contributed by atoms with Gasteiger partial charge in [0.25, 0.3) is 5.91 Å². The first-order valence-electron chi connectivity index (χ1n) is 8.43. The van der Waals surface area contributed by atoms with Gasteiger partial charge >= 0.3 is 0 Å². The lowest BCUT2D eigenvalue weighted by atomic mass is 10.1. The maximum atomic E-state index is 12.7. The molecular weight excluding hydrogens is 350 g/mol. The summed E-state index contributed by atoms with van der Waals surface area (Å²) in [5.74, 6) is 0.635. The molecule has 0 heterocycles. The molecule has 3 aromatic rings. The van der Waals surface area contributed by atoms with Gasteiger partial charge < -0.3 is 14.8 Å². The molecule has 3 aromatic carbocycles. The summed E-state index contributed by atoms with van der Waals surface area (Å²) in [6, 6.07) is 16.9. The van der Waals surface area contributed by atoms with Crippen molar-refractivity contribution >= 4 is 34.0 Å². The molecule has 0 atom stereocenters. The molecule has 5 heteroatoms. The van der Waals surface area contributed by atoms with Gasteiger partial charge in [0.1, 0.15) is 0 Å². The standard InChI is InChI=1S/C21H20ClNO3/c1-3-11-26-20-17(22)12-15(13-19(20)25-2)21(24)23-18-10-6-8-14-7-4-5-9-16(14)18/h4-10,12-13H,3,11H2,1-2H3,(H,23,24). The average Bonchev–Trinajstić information content (AvgIpc) is 2.66. The zero-order chi connectivity index (χ0) is 18.5. The molecule has 0 radical (unpaired) electrons. The summed E-state index contributed by atoms with van der Waals surface area (Å²) < 4.78 is 11.0. The Bertz CT molecular complexity index is 934. The number of carbonyl (C=O) groups excluding carboxylic acids is 1. The molecule has 0 unspecified atom stereocenters. The normalized spacial score (nSPS) is 10.6. The van der Waals surface area contributed by atoms with Crippen molar-refractivity contribution in [2.24, 2.45) is 0 Å². The molecule has 3 rings (SSSR count). The van der Waals surface area contributed by atoms with Crippen LogP contribution in [0.3, 0.4) is 0 Å². The smallest absolute Gasteiger partial charge is 0.255 e. The van der Waals surface area contributed by atoms with Gasteiger partial charge in [0.15, 0.2) is 11.5 Å². The zero-order valence-electron chi connectivity index (χ0n) is 14.7. The number of nitrogens with one attached hydrogen (secondary N) is 1. The molecule has 0 aliphatic heterocycles. The molecule has 0 aromatic heterocycles. The van der Waals surface area contributed by atoms with Crippen LogP contribution in [0.4, 0.5) is 5.69 Å². The highest BCUT2D eigenvalue weighted by Gasteiger charge is 2.16. The molecular formula is C21H20ClNO3. The molecule has 4 nitrogen and oxygen atoms in total. The summed E-state index contributed by atoms with van der Waals surface area (Å²) in [4.78, 5) is 12.7. The Morgan fingerprint density at radius 3 is 2.65 bits per heavy atom. The highest BCUT2D eigenvalue weighted by Crippen LogP contribution is 2.37. The Balaban J connectivity index is 1.91. The molecule has 0 aliphatic carbocycles. The molecule has 0 saturated carbocycles. The van der Waals surface area contributed by atoms with Gasteiger partial charge in [0.05, 0.1) is 18.7 Å². The number of ether oxygens (including phenoxy) is 2. The number of hydrogen-bond donors (Lipinski definition) is 1. The third-order valence-electron chi connectivity index (χ3n) is 3.98. The van der Waals surface area contributed by atoms with Crippen molar-refractivity contribution in [1.29, 1.82) is 0 Å². The number of amides is 1. The van der Waals surface area contributed by atoms with E-state index in [-0.39, 0.29) is 5.91 Å². The van der Waals surface area contributed by atoms with Crippen molar-refractivity contribution in [2.45, 2.75) is 13.3 Å². The molecule has 1 amide bonds. The van der Waals surface area contributed by atoms with Crippen molar-refractivity contribution in [3.05, 3.63) is 65.2 Å². The summed E-state index contributed by atoms with van der Waals surface area (Å²) in [7, 11) is 1.52.